The average molecular weight is 438 g/mol. The number of carbonyl (C=O) groups is 2. The lowest BCUT2D eigenvalue weighted by molar-refractivity contribution is -0.123. The van der Waals surface area contributed by atoms with E-state index in [0.717, 1.165) is 61.5 Å². The van der Waals surface area contributed by atoms with Crippen molar-refractivity contribution in [1.29, 1.82) is 0 Å². The summed E-state index contributed by atoms with van der Waals surface area (Å²) in [4.78, 5) is 29.6. The highest BCUT2D eigenvalue weighted by atomic mass is 16.7. The van der Waals surface area contributed by atoms with Crippen molar-refractivity contribution in [3.05, 3.63) is 59.7 Å². The lowest BCUT2D eigenvalue weighted by Gasteiger charge is -2.38. The molecule has 1 fully saturated rings. The average Bonchev–Trinajstić information content (AvgIpc) is 3.31. The molecule has 2 aliphatic heterocycles. The monoisotopic (exact) mass is 437 g/mol. The van der Waals surface area contributed by atoms with Crippen LogP contribution in [0.3, 0.4) is 0 Å². The molecule has 1 saturated heterocycles. The molecular formula is C25H31N3O4. The molecule has 2 aromatic rings. The summed E-state index contributed by atoms with van der Waals surface area (Å²) in [6.07, 6.45) is 2.75. The van der Waals surface area contributed by atoms with Crippen LogP contribution in [-0.4, -0.2) is 60.6 Å². The van der Waals surface area contributed by atoms with Crippen LogP contribution in [0.1, 0.15) is 42.1 Å². The van der Waals surface area contributed by atoms with E-state index < -0.39 is 0 Å². The number of likely N-dealkylation sites (tertiary alicyclic amines) is 1. The Balaban J connectivity index is 1.27. The Morgan fingerprint density at radius 3 is 2.56 bits per heavy atom. The molecule has 0 atom stereocenters. The zero-order chi connectivity index (χ0) is 22.3. The number of benzene rings is 2. The first-order chi connectivity index (χ1) is 15.6. The van der Waals surface area contributed by atoms with E-state index in [1.807, 2.05) is 53.4 Å². The van der Waals surface area contributed by atoms with Crippen molar-refractivity contribution >= 4 is 11.8 Å². The van der Waals surface area contributed by atoms with Crippen LogP contribution >= 0.6 is 0 Å². The van der Waals surface area contributed by atoms with Crippen molar-refractivity contribution in [2.45, 2.75) is 38.8 Å². The molecule has 0 aliphatic carbocycles. The largest absolute Gasteiger partial charge is 0.454 e. The number of amides is 2. The fraction of sp³-hybridized carbons (Fsp3) is 0.440. The predicted molar refractivity (Wildman–Crippen MR) is 122 cm³/mol. The number of fused-ring (bicyclic) bond motifs is 1. The van der Waals surface area contributed by atoms with E-state index in [4.69, 9.17) is 9.47 Å². The molecule has 0 radical (unpaired) electrons. The molecule has 0 saturated carbocycles. The van der Waals surface area contributed by atoms with Crippen molar-refractivity contribution in [3.63, 3.8) is 0 Å². The Morgan fingerprint density at radius 1 is 1.06 bits per heavy atom. The van der Waals surface area contributed by atoms with Gasteiger partial charge in [0.15, 0.2) is 11.5 Å². The van der Waals surface area contributed by atoms with Gasteiger partial charge in [0.2, 0.25) is 12.7 Å². The van der Waals surface area contributed by atoms with Crippen LogP contribution in [0.15, 0.2) is 48.5 Å². The fourth-order valence-electron chi connectivity index (χ4n) is 4.37. The van der Waals surface area contributed by atoms with E-state index in [2.05, 4.69) is 17.1 Å². The summed E-state index contributed by atoms with van der Waals surface area (Å²) < 4.78 is 10.7. The molecule has 170 valence electrons. The van der Waals surface area contributed by atoms with Crippen LogP contribution in [0.2, 0.25) is 0 Å². The van der Waals surface area contributed by atoms with Gasteiger partial charge in [-0.25, -0.2) is 0 Å². The molecule has 0 spiro atoms. The number of hydrogen-bond acceptors (Lipinski definition) is 5. The third-order valence-corrected chi connectivity index (χ3v) is 6.07. The molecule has 0 unspecified atom stereocenters. The van der Waals surface area contributed by atoms with Gasteiger partial charge >= 0.3 is 0 Å². The van der Waals surface area contributed by atoms with Gasteiger partial charge in [-0.05, 0) is 55.6 Å². The first-order valence-electron chi connectivity index (χ1n) is 11.4. The van der Waals surface area contributed by atoms with Gasteiger partial charge < -0.3 is 19.7 Å². The minimum Gasteiger partial charge on any atom is -0.454 e. The zero-order valence-electron chi connectivity index (χ0n) is 18.6. The zero-order valence-corrected chi connectivity index (χ0v) is 18.6. The minimum absolute atomic E-state index is 0.0129. The van der Waals surface area contributed by atoms with Gasteiger partial charge in [0.25, 0.3) is 5.91 Å². The van der Waals surface area contributed by atoms with Crippen LogP contribution < -0.4 is 14.8 Å². The second-order valence-electron chi connectivity index (χ2n) is 8.32. The second-order valence-corrected chi connectivity index (χ2v) is 8.32. The summed E-state index contributed by atoms with van der Waals surface area (Å²) >= 11 is 0. The number of ether oxygens (including phenoxy) is 2. The molecule has 2 aliphatic rings. The first kappa shape index (κ1) is 22.1. The Labute approximate surface area is 189 Å². The van der Waals surface area contributed by atoms with E-state index in [9.17, 15) is 9.59 Å². The van der Waals surface area contributed by atoms with Gasteiger partial charge in [0.1, 0.15) is 0 Å². The summed E-state index contributed by atoms with van der Waals surface area (Å²) in [6.45, 7) is 5.51. The van der Waals surface area contributed by atoms with E-state index in [1.54, 1.807) is 0 Å². The molecule has 2 aromatic carbocycles. The van der Waals surface area contributed by atoms with Crippen LogP contribution in [0, 0.1) is 0 Å². The summed E-state index contributed by atoms with van der Waals surface area (Å²) in [5.74, 6) is 1.57. The summed E-state index contributed by atoms with van der Waals surface area (Å²) in [7, 11) is 0. The highest BCUT2D eigenvalue weighted by Crippen LogP contribution is 2.32. The number of hydrogen-bond donors (Lipinski definition) is 1. The molecule has 7 nitrogen and oxygen atoms in total. The molecule has 4 rings (SSSR count). The highest BCUT2D eigenvalue weighted by molar-refractivity contribution is 5.94. The van der Waals surface area contributed by atoms with Crippen molar-refractivity contribution in [1.82, 2.24) is 15.1 Å². The van der Waals surface area contributed by atoms with Gasteiger partial charge in [-0.3, -0.25) is 14.5 Å². The molecule has 2 heterocycles. The lowest BCUT2D eigenvalue weighted by Crippen LogP contribution is -2.49. The van der Waals surface area contributed by atoms with Gasteiger partial charge in [0, 0.05) is 31.2 Å². The molecule has 0 bridgehead atoms. The van der Waals surface area contributed by atoms with Crippen molar-refractivity contribution in [3.8, 4) is 11.5 Å². The summed E-state index contributed by atoms with van der Waals surface area (Å²) in [5.41, 5.74) is 1.72. The molecular weight excluding hydrogens is 406 g/mol. The van der Waals surface area contributed by atoms with E-state index in [0.29, 0.717) is 19.1 Å². The first-order valence-corrected chi connectivity index (χ1v) is 11.4. The highest BCUT2D eigenvalue weighted by Gasteiger charge is 2.28. The summed E-state index contributed by atoms with van der Waals surface area (Å²) in [6, 6.07) is 15.5. The number of rotatable bonds is 8. The van der Waals surface area contributed by atoms with E-state index in [-0.39, 0.29) is 18.6 Å². The molecule has 1 N–H and O–H groups in total. The van der Waals surface area contributed by atoms with Crippen LogP contribution in [0.25, 0.3) is 0 Å². The molecule has 2 amide bonds. The van der Waals surface area contributed by atoms with Crippen LogP contribution in [0.5, 0.6) is 11.5 Å². The Bertz CT molecular complexity index is 926. The maximum absolute atomic E-state index is 12.7. The van der Waals surface area contributed by atoms with Gasteiger partial charge in [-0.2, -0.15) is 0 Å². The predicted octanol–water partition coefficient (Wildman–Crippen LogP) is 3.05. The van der Waals surface area contributed by atoms with Crippen molar-refractivity contribution in [2.24, 2.45) is 0 Å². The Morgan fingerprint density at radius 2 is 1.81 bits per heavy atom. The third-order valence-electron chi connectivity index (χ3n) is 6.07. The maximum Gasteiger partial charge on any atom is 0.253 e. The van der Waals surface area contributed by atoms with E-state index >= 15 is 0 Å². The SMILES string of the molecule is CCCN(CC(=O)NCc1ccc2c(c1)OCO2)C1CCN(C(=O)c2ccccc2)CC1. The van der Waals surface area contributed by atoms with Gasteiger partial charge in [-0.1, -0.05) is 31.2 Å². The van der Waals surface area contributed by atoms with Crippen molar-refractivity contribution in [2.75, 3.05) is 33.0 Å². The number of nitrogens with zero attached hydrogens (tertiary/aromatic N) is 2. The van der Waals surface area contributed by atoms with Crippen LogP contribution in [0.4, 0.5) is 0 Å². The molecule has 7 heteroatoms. The minimum atomic E-state index is 0.0129. The Kier molecular flexibility index (Phi) is 7.27. The van der Waals surface area contributed by atoms with Gasteiger partial charge in [-0.15, -0.1) is 0 Å². The number of nitrogens with one attached hydrogen (secondary N) is 1. The van der Waals surface area contributed by atoms with Crippen molar-refractivity contribution < 1.29 is 19.1 Å². The summed E-state index contributed by atoms with van der Waals surface area (Å²) in [5, 5.41) is 3.03. The number of piperidine rings is 1. The second kappa shape index (κ2) is 10.5. The van der Waals surface area contributed by atoms with Gasteiger partial charge in [0.05, 0.1) is 6.54 Å². The van der Waals surface area contributed by atoms with E-state index in [1.165, 1.54) is 0 Å². The lowest BCUT2D eigenvalue weighted by atomic mass is 10.0. The smallest absolute Gasteiger partial charge is 0.253 e. The number of carbonyl (C=O) groups excluding carboxylic acids is 2. The van der Waals surface area contributed by atoms with Crippen LogP contribution in [-0.2, 0) is 11.3 Å². The standard InChI is InChI=1S/C25H31N3O4/c1-2-12-28(17-24(29)26-16-19-8-9-22-23(15-19)32-18-31-22)21-10-13-27(14-11-21)25(30)20-6-4-3-5-7-20/h3-9,15,21H,2,10-14,16-18H2,1H3,(H,26,29). The normalized spacial score (nSPS) is 15.8. The quantitative estimate of drug-likeness (QED) is 0.687. The maximum atomic E-state index is 12.7. The molecule has 0 aromatic heterocycles. The fourth-order valence-corrected chi connectivity index (χ4v) is 4.37. The molecule has 32 heavy (non-hydrogen) atoms. The Hall–Kier alpha value is -3.06. The third kappa shape index (κ3) is 5.40. The topological polar surface area (TPSA) is 71.1 Å².